The molecule has 4 heteroatoms. The van der Waals surface area contributed by atoms with Crippen LogP contribution >= 0.6 is 0 Å². The summed E-state index contributed by atoms with van der Waals surface area (Å²) in [6.45, 7) is 0. The molecule has 4 nitrogen and oxygen atoms in total. The molecule has 0 aromatic rings. The molecule has 0 aliphatic carbocycles. The largest absolute Gasteiger partial charge is 0.481 e. The average Bonchev–Trinajstić information content (AvgIpc) is 2.46. The van der Waals surface area contributed by atoms with Gasteiger partial charge in [0, 0.05) is 6.42 Å². The van der Waals surface area contributed by atoms with Crippen molar-refractivity contribution in [2.75, 3.05) is 0 Å². The van der Waals surface area contributed by atoms with Crippen LogP contribution in [0.5, 0.6) is 0 Å². The number of carboxylic acid groups (broad SMARTS) is 2. The maximum Gasteiger partial charge on any atom is 0.307 e. The Labute approximate surface area is 134 Å². The molecule has 0 spiro atoms. The highest BCUT2D eigenvalue weighted by molar-refractivity contribution is 5.68. The van der Waals surface area contributed by atoms with E-state index in [0.29, 0.717) is 6.42 Å². The third-order valence-electron chi connectivity index (χ3n) is 3.72. The Hall–Kier alpha value is -1.32. The topological polar surface area (TPSA) is 74.6 Å². The minimum Gasteiger partial charge on any atom is -0.481 e. The van der Waals surface area contributed by atoms with E-state index in [1.807, 2.05) is 6.08 Å². The minimum atomic E-state index is -0.766. The van der Waals surface area contributed by atoms with Gasteiger partial charge in [0.2, 0.25) is 0 Å². The lowest BCUT2D eigenvalue weighted by atomic mass is 10.0. The first-order chi connectivity index (χ1) is 10.6. The van der Waals surface area contributed by atoms with Crippen molar-refractivity contribution in [1.82, 2.24) is 0 Å². The number of unbranched alkanes of at least 4 members (excludes halogenated alkanes) is 11. The van der Waals surface area contributed by atoms with Crippen LogP contribution < -0.4 is 0 Å². The molecule has 0 saturated heterocycles. The van der Waals surface area contributed by atoms with E-state index in [1.165, 1.54) is 44.9 Å². The molecule has 0 unspecified atom stereocenters. The third kappa shape index (κ3) is 18.7. The van der Waals surface area contributed by atoms with Crippen molar-refractivity contribution in [3.63, 3.8) is 0 Å². The molecule has 0 aromatic heterocycles. The first-order valence-electron chi connectivity index (χ1n) is 8.71. The van der Waals surface area contributed by atoms with E-state index in [9.17, 15) is 9.59 Å². The Balaban J connectivity index is 3.07. The van der Waals surface area contributed by atoms with Crippen LogP contribution in [0.3, 0.4) is 0 Å². The summed E-state index contributed by atoms with van der Waals surface area (Å²) in [6.07, 6.45) is 18.2. The second-order valence-electron chi connectivity index (χ2n) is 5.89. The highest BCUT2D eigenvalue weighted by Gasteiger charge is 1.97. The van der Waals surface area contributed by atoms with Crippen molar-refractivity contribution in [3.8, 4) is 0 Å². The minimum absolute atomic E-state index is 0.135. The monoisotopic (exact) mass is 312 g/mol. The second-order valence-corrected chi connectivity index (χ2v) is 5.89. The SMILES string of the molecule is O=C(O)C/C=C\CCCCCCCCCCCCCC(=O)O. The van der Waals surface area contributed by atoms with Crippen molar-refractivity contribution in [2.45, 2.75) is 89.9 Å². The van der Waals surface area contributed by atoms with E-state index in [1.54, 1.807) is 6.08 Å². The Morgan fingerprint density at radius 2 is 1.05 bits per heavy atom. The van der Waals surface area contributed by atoms with Crippen molar-refractivity contribution < 1.29 is 19.8 Å². The molecule has 0 aliphatic rings. The molecule has 22 heavy (non-hydrogen) atoms. The molecule has 0 heterocycles. The summed E-state index contributed by atoms with van der Waals surface area (Å²) in [6, 6.07) is 0. The quantitative estimate of drug-likeness (QED) is 0.304. The van der Waals surface area contributed by atoms with Crippen LogP contribution in [0, 0.1) is 0 Å². The van der Waals surface area contributed by atoms with Crippen LogP contribution in [-0.2, 0) is 9.59 Å². The van der Waals surface area contributed by atoms with Gasteiger partial charge in [-0.25, -0.2) is 0 Å². The lowest BCUT2D eigenvalue weighted by molar-refractivity contribution is -0.137. The molecule has 0 aliphatic heterocycles. The highest BCUT2D eigenvalue weighted by Crippen LogP contribution is 2.12. The highest BCUT2D eigenvalue weighted by atomic mass is 16.4. The molecule has 0 atom stereocenters. The lowest BCUT2D eigenvalue weighted by Gasteiger charge is -2.02. The summed E-state index contributed by atoms with van der Waals surface area (Å²) in [5.74, 6) is -1.45. The number of aliphatic carboxylic acids is 2. The van der Waals surface area contributed by atoms with Crippen LogP contribution in [0.1, 0.15) is 89.9 Å². The fourth-order valence-electron chi connectivity index (χ4n) is 2.43. The summed E-state index contributed by atoms with van der Waals surface area (Å²) in [4.78, 5) is 20.6. The van der Waals surface area contributed by atoms with Crippen LogP contribution in [-0.4, -0.2) is 22.2 Å². The summed E-state index contributed by atoms with van der Waals surface area (Å²) in [5, 5.41) is 17.0. The summed E-state index contributed by atoms with van der Waals surface area (Å²) in [7, 11) is 0. The van der Waals surface area contributed by atoms with E-state index in [4.69, 9.17) is 10.2 Å². The van der Waals surface area contributed by atoms with Crippen LogP contribution in [0.25, 0.3) is 0 Å². The number of carbonyl (C=O) groups is 2. The lowest BCUT2D eigenvalue weighted by Crippen LogP contribution is -1.93. The Morgan fingerprint density at radius 3 is 1.50 bits per heavy atom. The average molecular weight is 312 g/mol. The molecule has 128 valence electrons. The van der Waals surface area contributed by atoms with Crippen molar-refractivity contribution >= 4 is 11.9 Å². The Bertz CT molecular complexity index is 310. The number of hydrogen-bond donors (Lipinski definition) is 2. The van der Waals surface area contributed by atoms with Crippen LogP contribution in [0.4, 0.5) is 0 Å². The van der Waals surface area contributed by atoms with E-state index in [0.717, 1.165) is 32.1 Å². The molecule has 0 radical (unpaired) electrons. The number of carboxylic acids is 2. The molecule has 2 N–H and O–H groups in total. The molecule has 0 rings (SSSR count). The Kier molecular flexibility index (Phi) is 15.1. The zero-order chi connectivity index (χ0) is 16.5. The second kappa shape index (κ2) is 16.1. The molecule has 0 saturated carbocycles. The number of rotatable bonds is 16. The van der Waals surface area contributed by atoms with Gasteiger partial charge in [0.1, 0.15) is 0 Å². The van der Waals surface area contributed by atoms with Gasteiger partial charge in [0.15, 0.2) is 0 Å². The van der Waals surface area contributed by atoms with E-state index in [2.05, 4.69) is 0 Å². The number of allylic oxidation sites excluding steroid dienone is 1. The van der Waals surface area contributed by atoms with Gasteiger partial charge in [-0.15, -0.1) is 0 Å². The molecule has 0 bridgehead atoms. The van der Waals surface area contributed by atoms with E-state index >= 15 is 0 Å². The van der Waals surface area contributed by atoms with Crippen molar-refractivity contribution in [3.05, 3.63) is 12.2 Å². The fraction of sp³-hybridized carbons (Fsp3) is 0.778. The summed E-state index contributed by atoms with van der Waals surface area (Å²) in [5.41, 5.74) is 0. The fourth-order valence-corrected chi connectivity index (χ4v) is 2.43. The van der Waals surface area contributed by atoms with Gasteiger partial charge in [-0.1, -0.05) is 69.9 Å². The predicted molar refractivity (Wildman–Crippen MR) is 89.0 cm³/mol. The van der Waals surface area contributed by atoms with Crippen LogP contribution in [0.15, 0.2) is 12.2 Å². The first kappa shape index (κ1) is 20.7. The standard InChI is InChI=1S/C18H32O4/c19-17(20)15-13-11-9-7-5-3-1-2-4-6-8-10-12-14-16-18(21)22/h11,13H,1-10,12,14-16H2,(H,19,20)(H,21,22)/b13-11-. The van der Waals surface area contributed by atoms with Crippen molar-refractivity contribution in [1.29, 1.82) is 0 Å². The molecule has 0 amide bonds. The predicted octanol–water partition coefficient (Wildman–Crippen LogP) is 5.17. The third-order valence-corrected chi connectivity index (χ3v) is 3.72. The summed E-state index contributed by atoms with van der Waals surface area (Å²) >= 11 is 0. The number of hydrogen-bond acceptors (Lipinski definition) is 2. The van der Waals surface area contributed by atoms with Crippen LogP contribution in [0.2, 0.25) is 0 Å². The van der Waals surface area contributed by atoms with Gasteiger partial charge in [0.25, 0.3) is 0 Å². The van der Waals surface area contributed by atoms with E-state index in [-0.39, 0.29) is 6.42 Å². The van der Waals surface area contributed by atoms with Gasteiger partial charge in [-0.3, -0.25) is 9.59 Å². The van der Waals surface area contributed by atoms with Gasteiger partial charge >= 0.3 is 11.9 Å². The van der Waals surface area contributed by atoms with E-state index < -0.39 is 11.9 Å². The van der Waals surface area contributed by atoms with Gasteiger partial charge < -0.3 is 10.2 Å². The van der Waals surface area contributed by atoms with Crippen molar-refractivity contribution in [2.24, 2.45) is 0 Å². The molecular weight excluding hydrogens is 280 g/mol. The summed E-state index contributed by atoms with van der Waals surface area (Å²) < 4.78 is 0. The maximum atomic E-state index is 10.3. The Morgan fingerprint density at radius 1 is 0.591 bits per heavy atom. The zero-order valence-corrected chi connectivity index (χ0v) is 13.8. The normalized spacial score (nSPS) is 11.1. The molecular formula is C18H32O4. The van der Waals surface area contributed by atoms with Gasteiger partial charge in [-0.2, -0.15) is 0 Å². The smallest absolute Gasteiger partial charge is 0.307 e. The molecule has 0 aromatic carbocycles. The first-order valence-corrected chi connectivity index (χ1v) is 8.71. The van der Waals surface area contributed by atoms with Gasteiger partial charge in [-0.05, 0) is 19.3 Å². The van der Waals surface area contributed by atoms with Gasteiger partial charge in [0.05, 0.1) is 6.42 Å². The zero-order valence-electron chi connectivity index (χ0n) is 13.8. The maximum absolute atomic E-state index is 10.3. The molecule has 0 fully saturated rings.